The molecule has 1 fully saturated rings. The molecule has 0 spiro atoms. The minimum atomic E-state index is 1.07. The molecule has 0 N–H and O–H groups in total. The third-order valence-corrected chi connectivity index (χ3v) is 3.61. The number of aryl methyl sites for hydroxylation is 2. The molecule has 2 aromatic rings. The summed E-state index contributed by atoms with van der Waals surface area (Å²) >= 11 is 0. The molecular weight excluding hydrogens is 232 g/mol. The van der Waals surface area contributed by atoms with Crippen molar-refractivity contribution in [2.24, 2.45) is 0 Å². The van der Waals surface area contributed by atoms with Gasteiger partial charge in [-0.3, -0.25) is 4.98 Å². The maximum atomic E-state index is 4.61. The molecule has 0 atom stereocenters. The Balaban J connectivity index is 0.000000637. The van der Waals surface area contributed by atoms with Crippen LogP contribution in [0, 0.1) is 6.92 Å². The lowest BCUT2D eigenvalue weighted by Crippen LogP contribution is -2.36. The highest BCUT2D eigenvalue weighted by atomic mass is 15.2. The summed E-state index contributed by atoms with van der Waals surface area (Å²) < 4.78 is 0. The molecule has 1 saturated heterocycles. The summed E-state index contributed by atoms with van der Waals surface area (Å²) in [6.45, 7) is 10.7. The van der Waals surface area contributed by atoms with Gasteiger partial charge in [-0.1, -0.05) is 20.8 Å². The SMILES string of the molecule is CC.CCc1cc(C)nc2ccc(N3CCC3)cc12. The number of aromatic nitrogens is 1. The predicted octanol–water partition coefficient (Wildman–Crippen LogP) is 4.34. The van der Waals surface area contributed by atoms with E-state index in [1.807, 2.05) is 13.8 Å². The van der Waals surface area contributed by atoms with E-state index >= 15 is 0 Å². The van der Waals surface area contributed by atoms with Gasteiger partial charge in [0, 0.05) is 29.9 Å². The standard InChI is InChI=1S/C15H18N2.C2H6/c1-3-12-9-11(2)16-15-6-5-13(10-14(12)15)17-7-4-8-17;1-2/h5-6,9-10H,3-4,7-8H2,1-2H3;1-2H3. The number of pyridine rings is 1. The molecule has 0 aliphatic carbocycles. The van der Waals surface area contributed by atoms with Crippen molar-refractivity contribution in [3.05, 3.63) is 35.5 Å². The quantitative estimate of drug-likeness (QED) is 0.794. The average molecular weight is 256 g/mol. The molecule has 19 heavy (non-hydrogen) atoms. The van der Waals surface area contributed by atoms with Crippen LogP contribution >= 0.6 is 0 Å². The van der Waals surface area contributed by atoms with Crippen molar-refractivity contribution in [1.82, 2.24) is 4.98 Å². The summed E-state index contributed by atoms with van der Waals surface area (Å²) in [4.78, 5) is 7.04. The van der Waals surface area contributed by atoms with Crippen LogP contribution in [0.4, 0.5) is 5.69 Å². The summed E-state index contributed by atoms with van der Waals surface area (Å²) in [5.74, 6) is 0. The molecule has 3 rings (SSSR count). The first-order chi connectivity index (χ1) is 9.28. The van der Waals surface area contributed by atoms with Crippen LogP contribution in [0.1, 0.15) is 38.4 Å². The molecule has 0 saturated carbocycles. The van der Waals surface area contributed by atoms with Crippen molar-refractivity contribution in [2.75, 3.05) is 18.0 Å². The van der Waals surface area contributed by atoms with Gasteiger partial charge in [0.25, 0.3) is 0 Å². The highest BCUT2D eigenvalue weighted by molar-refractivity contribution is 5.86. The van der Waals surface area contributed by atoms with Gasteiger partial charge in [-0.25, -0.2) is 0 Å². The summed E-state index contributed by atoms with van der Waals surface area (Å²) in [5, 5.41) is 1.32. The van der Waals surface area contributed by atoms with Gasteiger partial charge in [-0.15, -0.1) is 0 Å². The average Bonchev–Trinajstić information content (AvgIpc) is 2.38. The molecule has 0 amide bonds. The number of hydrogen-bond acceptors (Lipinski definition) is 2. The van der Waals surface area contributed by atoms with Crippen molar-refractivity contribution >= 4 is 16.6 Å². The van der Waals surface area contributed by atoms with Gasteiger partial charge in [0.15, 0.2) is 0 Å². The number of hydrogen-bond donors (Lipinski definition) is 0. The van der Waals surface area contributed by atoms with Gasteiger partial charge in [-0.2, -0.15) is 0 Å². The first-order valence-electron chi connectivity index (χ1n) is 7.43. The zero-order valence-electron chi connectivity index (χ0n) is 12.5. The molecule has 2 nitrogen and oxygen atoms in total. The van der Waals surface area contributed by atoms with Gasteiger partial charge in [-0.05, 0) is 49.6 Å². The molecule has 1 aromatic carbocycles. The van der Waals surface area contributed by atoms with Gasteiger partial charge in [0.05, 0.1) is 5.52 Å². The number of fused-ring (bicyclic) bond motifs is 1. The van der Waals surface area contributed by atoms with Crippen LogP contribution in [0.2, 0.25) is 0 Å². The number of anilines is 1. The zero-order chi connectivity index (χ0) is 13.8. The molecule has 0 bridgehead atoms. The largest absolute Gasteiger partial charge is 0.371 e. The second-order valence-corrected chi connectivity index (χ2v) is 4.82. The third kappa shape index (κ3) is 2.73. The van der Waals surface area contributed by atoms with E-state index in [2.05, 4.69) is 48.0 Å². The van der Waals surface area contributed by atoms with Gasteiger partial charge in [0.1, 0.15) is 0 Å². The third-order valence-electron chi connectivity index (χ3n) is 3.61. The monoisotopic (exact) mass is 256 g/mol. The zero-order valence-corrected chi connectivity index (χ0v) is 12.5. The molecule has 2 heterocycles. The summed E-state index contributed by atoms with van der Waals surface area (Å²) in [6, 6.07) is 8.88. The Bertz CT molecular complexity index is 556. The predicted molar refractivity (Wildman–Crippen MR) is 84.0 cm³/mol. The van der Waals surface area contributed by atoms with Gasteiger partial charge >= 0.3 is 0 Å². The highest BCUT2D eigenvalue weighted by Gasteiger charge is 2.15. The Labute approximate surface area is 116 Å². The minimum absolute atomic E-state index is 1.07. The fraction of sp³-hybridized carbons (Fsp3) is 0.471. The van der Waals surface area contributed by atoms with E-state index in [0.717, 1.165) is 17.6 Å². The molecule has 0 radical (unpaired) electrons. The van der Waals surface area contributed by atoms with Crippen LogP contribution in [-0.4, -0.2) is 18.1 Å². The Morgan fingerprint density at radius 2 is 1.89 bits per heavy atom. The molecule has 1 aromatic heterocycles. The van der Waals surface area contributed by atoms with Gasteiger partial charge in [0.2, 0.25) is 0 Å². The van der Waals surface area contributed by atoms with E-state index < -0.39 is 0 Å². The Hall–Kier alpha value is -1.57. The Kier molecular flexibility index (Phi) is 4.41. The van der Waals surface area contributed by atoms with Crippen LogP contribution < -0.4 is 4.90 Å². The Morgan fingerprint density at radius 3 is 2.47 bits per heavy atom. The van der Waals surface area contributed by atoms with Crippen molar-refractivity contribution in [1.29, 1.82) is 0 Å². The van der Waals surface area contributed by atoms with Crippen LogP contribution in [-0.2, 0) is 6.42 Å². The van der Waals surface area contributed by atoms with Crippen molar-refractivity contribution in [3.63, 3.8) is 0 Å². The van der Waals surface area contributed by atoms with Crippen LogP contribution in [0.5, 0.6) is 0 Å². The van der Waals surface area contributed by atoms with E-state index in [4.69, 9.17) is 0 Å². The van der Waals surface area contributed by atoms with Crippen LogP contribution in [0.15, 0.2) is 24.3 Å². The summed E-state index contributed by atoms with van der Waals surface area (Å²) in [6.07, 6.45) is 2.40. The molecule has 0 unspecified atom stereocenters. The smallest absolute Gasteiger partial charge is 0.0709 e. The molecule has 1 aliphatic heterocycles. The maximum Gasteiger partial charge on any atom is 0.0709 e. The summed E-state index contributed by atoms with van der Waals surface area (Å²) in [7, 11) is 0. The van der Waals surface area contributed by atoms with Gasteiger partial charge < -0.3 is 4.90 Å². The highest BCUT2D eigenvalue weighted by Crippen LogP contribution is 2.27. The minimum Gasteiger partial charge on any atom is -0.371 e. The summed E-state index contributed by atoms with van der Waals surface area (Å²) in [5.41, 5.74) is 5.01. The van der Waals surface area contributed by atoms with E-state index in [1.165, 1.54) is 36.1 Å². The van der Waals surface area contributed by atoms with E-state index in [1.54, 1.807) is 0 Å². The lowest BCUT2D eigenvalue weighted by molar-refractivity contribution is 0.618. The molecule has 102 valence electrons. The molecular formula is C17H24N2. The van der Waals surface area contributed by atoms with E-state index in [0.29, 0.717) is 0 Å². The normalized spacial score (nSPS) is 13.8. The molecule has 2 heteroatoms. The first kappa shape index (κ1) is 13.9. The number of rotatable bonds is 2. The fourth-order valence-electron chi connectivity index (χ4n) is 2.49. The van der Waals surface area contributed by atoms with Crippen LogP contribution in [0.3, 0.4) is 0 Å². The topological polar surface area (TPSA) is 16.1 Å². The van der Waals surface area contributed by atoms with Crippen molar-refractivity contribution in [2.45, 2.75) is 40.5 Å². The number of nitrogens with zero attached hydrogens (tertiary/aromatic N) is 2. The number of benzene rings is 1. The second kappa shape index (κ2) is 6.05. The van der Waals surface area contributed by atoms with Crippen LogP contribution in [0.25, 0.3) is 10.9 Å². The maximum absolute atomic E-state index is 4.61. The van der Waals surface area contributed by atoms with E-state index in [-0.39, 0.29) is 0 Å². The lowest BCUT2D eigenvalue weighted by Gasteiger charge is -2.33. The van der Waals surface area contributed by atoms with Crippen molar-refractivity contribution in [3.8, 4) is 0 Å². The van der Waals surface area contributed by atoms with Crippen molar-refractivity contribution < 1.29 is 0 Å². The van der Waals surface area contributed by atoms with E-state index in [9.17, 15) is 0 Å². The fourth-order valence-corrected chi connectivity index (χ4v) is 2.49. The lowest BCUT2D eigenvalue weighted by atomic mass is 10.0. The second-order valence-electron chi connectivity index (χ2n) is 4.82. The first-order valence-corrected chi connectivity index (χ1v) is 7.43. The Morgan fingerprint density at radius 1 is 1.16 bits per heavy atom. The molecule has 1 aliphatic rings.